The van der Waals surface area contributed by atoms with E-state index in [4.69, 9.17) is 9.47 Å². The molecule has 1 heterocycles. The molecule has 1 saturated heterocycles. The molecule has 190 valence electrons. The van der Waals surface area contributed by atoms with Crippen molar-refractivity contribution in [2.75, 3.05) is 11.9 Å². The summed E-state index contributed by atoms with van der Waals surface area (Å²) in [5.41, 5.74) is 3.44. The first-order valence-electron chi connectivity index (χ1n) is 12.3. The third kappa shape index (κ3) is 6.14. The van der Waals surface area contributed by atoms with Gasteiger partial charge in [0.2, 0.25) is 0 Å². The van der Waals surface area contributed by atoms with Gasteiger partial charge in [-0.05, 0) is 28.8 Å². The molecule has 4 aromatic carbocycles. The summed E-state index contributed by atoms with van der Waals surface area (Å²) in [5.74, 6) is -0.737. The number of amides is 2. The molecule has 1 aliphatic heterocycles. The van der Waals surface area contributed by atoms with Crippen molar-refractivity contribution in [2.45, 2.75) is 18.8 Å². The molecule has 1 fully saturated rings. The SMILES string of the molecule is O=C(N[C@@H](C(=O)Nc1cc(C2CO2)ccc1C(=O)c1ccccc1)c1ccccc1)OCc1ccccc1. The molecule has 0 aromatic heterocycles. The van der Waals surface area contributed by atoms with Crippen LogP contribution in [0, 0.1) is 0 Å². The Balaban J connectivity index is 1.39. The van der Waals surface area contributed by atoms with Crippen LogP contribution in [0.15, 0.2) is 109 Å². The van der Waals surface area contributed by atoms with Crippen molar-refractivity contribution in [1.29, 1.82) is 0 Å². The van der Waals surface area contributed by atoms with Gasteiger partial charge in [-0.1, -0.05) is 97.1 Å². The van der Waals surface area contributed by atoms with Crippen molar-refractivity contribution in [3.63, 3.8) is 0 Å². The van der Waals surface area contributed by atoms with E-state index in [2.05, 4.69) is 10.6 Å². The highest BCUT2D eigenvalue weighted by Crippen LogP contribution is 2.33. The van der Waals surface area contributed by atoms with E-state index in [0.29, 0.717) is 29.0 Å². The number of nitrogens with one attached hydrogen (secondary N) is 2. The number of hydrogen-bond acceptors (Lipinski definition) is 5. The Morgan fingerprint density at radius 1 is 0.842 bits per heavy atom. The molecule has 0 saturated carbocycles. The summed E-state index contributed by atoms with van der Waals surface area (Å²) in [7, 11) is 0. The van der Waals surface area contributed by atoms with E-state index in [0.717, 1.165) is 11.1 Å². The fraction of sp³-hybridized carbons (Fsp3) is 0.129. The van der Waals surface area contributed by atoms with Gasteiger partial charge in [0.05, 0.1) is 12.3 Å². The van der Waals surface area contributed by atoms with E-state index in [1.165, 1.54) is 0 Å². The number of anilines is 1. The van der Waals surface area contributed by atoms with E-state index in [9.17, 15) is 14.4 Å². The van der Waals surface area contributed by atoms with Gasteiger partial charge >= 0.3 is 6.09 Å². The Morgan fingerprint density at radius 2 is 1.47 bits per heavy atom. The van der Waals surface area contributed by atoms with Crippen LogP contribution in [0.4, 0.5) is 10.5 Å². The Labute approximate surface area is 220 Å². The number of ketones is 1. The van der Waals surface area contributed by atoms with Gasteiger partial charge in [-0.25, -0.2) is 4.79 Å². The number of rotatable bonds is 9. The number of carbonyl (C=O) groups is 3. The van der Waals surface area contributed by atoms with Crippen LogP contribution in [0.2, 0.25) is 0 Å². The van der Waals surface area contributed by atoms with E-state index < -0.39 is 18.0 Å². The van der Waals surface area contributed by atoms with E-state index >= 15 is 0 Å². The second-order valence-electron chi connectivity index (χ2n) is 8.86. The summed E-state index contributed by atoms with van der Waals surface area (Å²) in [6.07, 6.45) is -0.805. The van der Waals surface area contributed by atoms with Gasteiger partial charge in [0.25, 0.3) is 5.91 Å². The maximum absolute atomic E-state index is 13.6. The Kier molecular flexibility index (Phi) is 7.57. The van der Waals surface area contributed by atoms with Crippen molar-refractivity contribution in [1.82, 2.24) is 5.32 Å². The molecule has 1 unspecified atom stereocenters. The standard InChI is InChI=1S/C31H26N2O5/c34-29(23-14-8-3-9-15-23)25-17-16-24(27-20-37-27)18-26(25)32-30(35)28(22-12-6-2-7-13-22)33-31(36)38-19-21-10-4-1-5-11-21/h1-18,27-28H,19-20H2,(H,32,35)(H,33,36)/t27?,28-/m1/s1. The van der Waals surface area contributed by atoms with Crippen LogP contribution in [-0.2, 0) is 20.9 Å². The second kappa shape index (κ2) is 11.5. The number of hydrogen-bond donors (Lipinski definition) is 2. The monoisotopic (exact) mass is 506 g/mol. The average molecular weight is 507 g/mol. The molecule has 5 rings (SSSR count). The van der Waals surface area contributed by atoms with Crippen molar-refractivity contribution in [2.24, 2.45) is 0 Å². The molecular weight excluding hydrogens is 480 g/mol. The lowest BCUT2D eigenvalue weighted by Gasteiger charge is -2.20. The lowest BCUT2D eigenvalue weighted by molar-refractivity contribution is -0.118. The van der Waals surface area contributed by atoms with Gasteiger partial charge < -0.3 is 20.1 Å². The van der Waals surface area contributed by atoms with Gasteiger partial charge in [-0.3, -0.25) is 9.59 Å². The number of ether oxygens (including phenoxy) is 2. The predicted molar refractivity (Wildman–Crippen MR) is 143 cm³/mol. The molecule has 2 N–H and O–H groups in total. The summed E-state index contributed by atoms with van der Waals surface area (Å²) >= 11 is 0. The number of benzene rings is 4. The third-order valence-electron chi connectivity index (χ3n) is 6.16. The minimum Gasteiger partial charge on any atom is -0.445 e. The van der Waals surface area contributed by atoms with Crippen LogP contribution in [0.3, 0.4) is 0 Å². The topological polar surface area (TPSA) is 97.0 Å². The fourth-order valence-electron chi connectivity index (χ4n) is 4.08. The van der Waals surface area contributed by atoms with E-state index in [-0.39, 0.29) is 18.5 Å². The molecule has 0 aliphatic carbocycles. The minimum atomic E-state index is -1.06. The molecule has 4 aromatic rings. The van der Waals surface area contributed by atoms with Gasteiger partial charge in [0.1, 0.15) is 18.8 Å². The molecule has 2 atom stereocenters. The quantitative estimate of drug-likeness (QED) is 0.228. The molecule has 0 radical (unpaired) electrons. The van der Waals surface area contributed by atoms with Crippen molar-refractivity contribution < 1.29 is 23.9 Å². The zero-order chi connectivity index (χ0) is 26.3. The first kappa shape index (κ1) is 24.9. The van der Waals surface area contributed by atoms with Crippen LogP contribution < -0.4 is 10.6 Å². The number of epoxide rings is 1. The smallest absolute Gasteiger partial charge is 0.408 e. The van der Waals surface area contributed by atoms with Gasteiger partial charge in [0, 0.05) is 11.1 Å². The Hall–Kier alpha value is -4.75. The Morgan fingerprint density at radius 3 is 2.13 bits per heavy atom. The lowest BCUT2D eigenvalue weighted by Crippen LogP contribution is -2.37. The second-order valence-corrected chi connectivity index (χ2v) is 8.86. The molecule has 38 heavy (non-hydrogen) atoms. The lowest BCUT2D eigenvalue weighted by atomic mass is 9.98. The average Bonchev–Trinajstić information content (AvgIpc) is 3.82. The van der Waals surface area contributed by atoms with Crippen LogP contribution in [0.1, 0.15) is 44.8 Å². The summed E-state index contributed by atoms with van der Waals surface area (Å²) in [6, 6.07) is 31.2. The molecule has 1 aliphatic rings. The molecule has 7 heteroatoms. The van der Waals surface area contributed by atoms with Crippen molar-refractivity contribution >= 4 is 23.5 Å². The third-order valence-corrected chi connectivity index (χ3v) is 6.16. The number of alkyl carbamates (subject to hydrolysis) is 1. The largest absolute Gasteiger partial charge is 0.445 e. The summed E-state index contributed by atoms with van der Waals surface area (Å²) in [6.45, 7) is 0.649. The van der Waals surface area contributed by atoms with E-state index in [1.54, 1.807) is 60.7 Å². The van der Waals surface area contributed by atoms with Gasteiger partial charge in [-0.2, -0.15) is 0 Å². The molecular formula is C31H26N2O5. The van der Waals surface area contributed by atoms with Crippen molar-refractivity contribution in [3.05, 3.63) is 137 Å². The zero-order valence-corrected chi connectivity index (χ0v) is 20.5. The van der Waals surface area contributed by atoms with Gasteiger partial charge in [-0.15, -0.1) is 0 Å². The van der Waals surface area contributed by atoms with Crippen LogP contribution in [0.25, 0.3) is 0 Å². The minimum absolute atomic E-state index is 0.0644. The van der Waals surface area contributed by atoms with Gasteiger partial charge in [0.15, 0.2) is 5.78 Å². The first-order valence-corrected chi connectivity index (χ1v) is 12.3. The predicted octanol–water partition coefficient (Wildman–Crippen LogP) is 5.60. The fourth-order valence-corrected chi connectivity index (χ4v) is 4.08. The summed E-state index contributed by atoms with van der Waals surface area (Å²) in [4.78, 5) is 39.6. The van der Waals surface area contributed by atoms with E-state index in [1.807, 2.05) is 48.5 Å². The maximum atomic E-state index is 13.6. The van der Waals surface area contributed by atoms with Crippen LogP contribution in [0.5, 0.6) is 0 Å². The highest BCUT2D eigenvalue weighted by atomic mass is 16.6. The molecule has 0 bridgehead atoms. The number of carbonyl (C=O) groups excluding carboxylic acids is 3. The molecule has 2 amide bonds. The van der Waals surface area contributed by atoms with Crippen LogP contribution in [-0.4, -0.2) is 24.4 Å². The van der Waals surface area contributed by atoms with Crippen LogP contribution >= 0.6 is 0 Å². The zero-order valence-electron chi connectivity index (χ0n) is 20.5. The highest BCUT2D eigenvalue weighted by molar-refractivity contribution is 6.14. The summed E-state index contributed by atoms with van der Waals surface area (Å²) in [5, 5.41) is 5.55. The Bertz CT molecular complexity index is 1420. The normalized spacial score (nSPS) is 14.7. The summed E-state index contributed by atoms with van der Waals surface area (Å²) < 4.78 is 10.8. The molecule has 7 nitrogen and oxygen atoms in total. The highest BCUT2D eigenvalue weighted by Gasteiger charge is 2.29. The molecule has 0 spiro atoms. The first-order chi connectivity index (χ1) is 18.6. The van der Waals surface area contributed by atoms with Crippen molar-refractivity contribution in [3.8, 4) is 0 Å². The maximum Gasteiger partial charge on any atom is 0.408 e.